The summed E-state index contributed by atoms with van der Waals surface area (Å²) in [4.78, 5) is 10.4. The summed E-state index contributed by atoms with van der Waals surface area (Å²) in [6.07, 6.45) is 0.969. The van der Waals surface area contributed by atoms with E-state index in [1.807, 2.05) is 6.92 Å². The highest BCUT2D eigenvalue weighted by Gasteiger charge is 1.96. The van der Waals surface area contributed by atoms with Crippen LogP contribution in [0.1, 0.15) is 19.8 Å². The van der Waals surface area contributed by atoms with Crippen LogP contribution >= 0.6 is 0 Å². The lowest BCUT2D eigenvalue weighted by Gasteiger charge is -1.98. The van der Waals surface area contributed by atoms with Gasteiger partial charge in [-0.25, -0.2) is 5.48 Å². The lowest BCUT2D eigenvalue weighted by Crippen LogP contribution is -2.18. The van der Waals surface area contributed by atoms with Crippen molar-refractivity contribution >= 4 is 5.91 Å². The van der Waals surface area contributed by atoms with Crippen LogP contribution < -0.4 is 5.48 Å². The van der Waals surface area contributed by atoms with Gasteiger partial charge in [0.05, 0.1) is 0 Å². The summed E-state index contributed by atoms with van der Waals surface area (Å²) < 4.78 is 4.97. The minimum atomic E-state index is -0.361. The number of hydroxylamine groups is 1. The van der Waals surface area contributed by atoms with E-state index in [4.69, 9.17) is 9.94 Å². The van der Waals surface area contributed by atoms with Crippen LogP contribution in [0.3, 0.4) is 0 Å². The Hall–Kier alpha value is -0.610. The van der Waals surface area contributed by atoms with Crippen LogP contribution in [0, 0.1) is 0 Å². The highest BCUT2D eigenvalue weighted by atomic mass is 16.5. The average molecular weight is 147 g/mol. The molecule has 0 aromatic heterocycles. The molecule has 0 unspecified atom stereocenters. The van der Waals surface area contributed by atoms with Crippen LogP contribution in [0.25, 0.3) is 0 Å². The summed E-state index contributed by atoms with van der Waals surface area (Å²) in [6, 6.07) is 0. The highest BCUT2D eigenvalue weighted by Crippen LogP contribution is 1.88. The van der Waals surface area contributed by atoms with Gasteiger partial charge in [-0.3, -0.25) is 10.0 Å². The van der Waals surface area contributed by atoms with E-state index in [0.29, 0.717) is 26.1 Å². The van der Waals surface area contributed by atoms with Gasteiger partial charge in [0.15, 0.2) is 0 Å². The fourth-order valence-corrected chi connectivity index (χ4v) is 0.535. The third-order valence-corrected chi connectivity index (χ3v) is 1.02. The fourth-order valence-electron chi connectivity index (χ4n) is 0.535. The lowest BCUT2D eigenvalue weighted by molar-refractivity contribution is -0.129. The van der Waals surface area contributed by atoms with Gasteiger partial charge >= 0.3 is 0 Å². The van der Waals surface area contributed by atoms with Gasteiger partial charge in [0, 0.05) is 19.6 Å². The number of carbonyl (C=O) groups is 1. The fraction of sp³-hybridized carbons (Fsp3) is 0.833. The third-order valence-electron chi connectivity index (χ3n) is 1.02. The van der Waals surface area contributed by atoms with Crippen molar-refractivity contribution in [1.29, 1.82) is 0 Å². The van der Waals surface area contributed by atoms with Gasteiger partial charge in [-0.2, -0.15) is 0 Å². The zero-order valence-corrected chi connectivity index (χ0v) is 6.09. The Labute approximate surface area is 60.1 Å². The van der Waals surface area contributed by atoms with Crippen LogP contribution in [-0.4, -0.2) is 24.3 Å². The van der Waals surface area contributed by atoms with Crippen molar-refractivity contribution in [2.75, 3.05) is 13.2 Å². The Kier molecular flexibility index (Phi) is 6.11. The number of carbonyl (C=O) groups excluding carboxylic acids is 1. The summed E-state index contributed by atoms with van der Waals surface area (Å²) in [6.45, 7) is 3.14. The molecule has 0 rings (SSSR count). The van der Waals surface area contributed by atoms with Crippen molar-refractivity contribution in [2.45, 2.75) is 19.8 Å². The van der Waals surface area contributed by atoms with Crippen LogP contribution in [0.15, 0.2) is 0 Å². The molecular formula is C6H13NO3. The molecule has 0 spiro atoms. The molecular weight excluding hydrogens is 134 g/mol. The van der Waals surface area contributed by atoms with Crippen molar-refractivity contribution in [3.05, 3.63) is 0 Å². The minimum Gasteiger partial charge on any atom is -0.382 e. The standard InChI is InChI=1S/C6H13NO3/c1-2-10-5-3-4-6(8)7-9/h9H,2-5H2,1H3,(H,7,8). The predicted molar refractivity (Wildman–Crippen MR) is 35.7 cm³/mol. The molecule has 4 heteroatoms. The Morgan fingerprint density at radius 1 is 1.70 bits per heavy atom. The monoisotopic (exact) mass is 147 g/mol. The molecule has 10 heavy (non-hydrogen) atoms. The van der Waals surface area contributed by atoms with Crippen molar-refractivity contribution in [3.63, 3.8) is 0 Å². The molecule has 60 valence electrons. The van der Waals surface area contributed by atoms with E-state index < -0.39 is 0 Å². The van der Waals surface area contributed by atoms with Crippen LogP contribution in [-0.2, 0) is 9.53 Å². The third kappa shape index (κ3) is 5.53. The molecule has 0 saturated carbocycles. The highest BCUT2D eigenvalue weighted by molar-refractivity contribution is 5.74. The molecule has 0 saturated heterocycles. The number of amides is 1. The molecule has 0 atom stereocenters. The van der Waals surface area contributed by atoms with E-state index in [0.717, 1.165) is 0 Å². The second-order valence-corrected chi connectivity index (χ2v) is 1.84. The zero-order chi connectivity index (χ0) is 7.82. The SMILES string of the molecule is CCOCCCC(=O)NO. The van der Waals surface area contributed by atoms with Gasteiger partial charge < -0.3 is 4.74 Å². The van der Waals surface area contributed by atoms with Crippen LogP contribution in [0.4, 0.5) is 0 Å². The Bertz CT molecular complexity index is 95.0. The largest absolute Gasteiger partial charge is 0.382 e. The minimum absolute atomic E-state index is 0.316. The molecule has 2 N–H and O–H groups in total. The Morgan fingerprint density at radius 3 is 2.90 bits per heavy atom. The number of rotatable bonds is 5. The molecule has 0 aliphatic rings. The van der Waals surface area contributed by atoms with Crippen LogP contribution in [0.2, 0.25) is 0 Å². The van der Waals surface area contributed by atoms with Crippen molar-refractivity contribution < 1.29 is 14.7 Å². The van der Waals surface area contributed by atoms with E-state index in [-0.39, 0.29) is 5.91 Å². The van der Waals surface area contributed by atoms with E-state index in [1.165, 1.54) is 0 Å². The summed E-state index contributed by atoms with van der Waals surface area (Å²) in [5.41, 5.74) is 1.55. The normalized spacial score (nSPS) is 9.40. The maximum absolute atomic E-state index is 10.4. The van der Waals surface area contributed by atoms with Gasteiger partial charge in [-0.1, -0.05) is 0 Å². The number of ether oxygens (including phenoxy) is 1. The summed E-state index contributed by atoms with van der Waals surface area (Å²) in [5.74, 6) is -0.361. The molecule has 0 heterocycles. The maximum atomic E-state index is 10.4. The maximum Gasteiger partial charge on any atom is 0.243 e. The Balaban J connectivity index is 2.96. The molecule has 0 radical (unpaired) electrons. The second kappa shape index (κ2) is 6.51. The quantitative estimate of drug-likeness (QED) is 0.334. The van der Waals surface area contributed by atoms with Gasteiger partial charge in [0.25, 0.3) is 0 Å². The molecule has 0 aromatic carbocycles. The molecule has 1 amide bonds. The lowest BCUT2D eigenvalue weighted by atomic mass is 10.3. The van der Waals surface area contributed by atoms with Crippen molar-refractivity contribution in [3.8, 4) is 0 Å². The van der Waals surface area contributed by atoms with Crippen molar-refractivity contribution in [1.82, 2.24) is 5.48 Å². The van der Waals surface area contributed by atoms with Gasteiger partial charge in [-0.15, -0.1) is 0 Å². The molecule has 0 aromatic rings. The zero-order valence-electron chi connectivity index (χ0n) is 6.09. The second-order valence-electron chi connectivity index (χ2n) is 1.84. The molecule has 0 bridgehead atoms. The first-order chi connectivity index (χ1) is 4.81. The van der Waals surface area contributed by atoms with Gasteiger partial charge in [0.1, 0.15) is 0 Å². The van der Waals surface area contributed by atoms with Gasteiger partial charge in [0.2, 0.25) is 5.91 Å². The van der Waals surface area contributed by atoms with E-state index in [9.17, 15) is 4.79 Å². The van der Waals surface area contributed by atoms with Crippen molar-refractivity contribution in [2.24, 2.45) is 0 Å². The van der Waals surface area contributed by atoms with E-state index in [1.54, 1.807) is 5.48 Å². The molecule has 4 nitrogen and oxygen atoms in total. The first kappa shape index (κ1) is 9.39. The molecule has 0 aliphatic carbocycles. The van der Waals surface area contributed by atoms with E-state index >= 15 is 0 Å². The number of hydrogen-bond donors (Lipinski definition) is 2. The number of nitrogens with one attached hydrogen (secondary N) is 1. The van der Waals surface area contributed by atoms with Gasteiger partial charge in [-0.05, 0) is 13.3 Å². The predicted octanol–water partition coefficient (Wildman–Crippen LogP) is 0.308. The molecule has 0 aliphatic heterocycles. The average Bonchev–Trinajstić information content (AvgIpc) is 1.98. The summed E-state index contributed by atoms with van der Waals surface area (Å²) in [7, 11) is 0. The smallest absolute Gasteiger partial charge is 0.243 e. The number of hydrogen-bond acceptors (Lipinski definition) is 3. The topological polar surface area (TPSA) is 58.6 Å². The molecule has 0 fully saturated rings. The summed E-state index contributed by atoms with van der Waals surface area (Å²) >= 11 is 0. The first-order valence-electron chi connectivity index (χ1n) is 3.32. The van der Waals surface area contributed by atoms with Crippen LogP contribution in [0.5, 0.6) is 0 Å². The summed E-state index contributed by atoms with van der Waals surface area (Å²) in [5, 5.41) is 8.05. The Morgan fingerprint density at radius 2 is 2.40 bits per heavy atom. The first-order valence-corrected chi connectivity index (χ1v) is 3.32. The van der Waals surface area contributed by atoms with E-state index in [2.05, 4.69) is 0 Å².